The van der Waals surface area contributed by atoms with Crippen LogP contribution < -0.4 is 14.8 Å². The van der Waals surface area contributed by atoms with Crippen LogP contribution in [0.25, 0.3) is 0 Å². The van der Waals surface area contributed by atoms with Crippen molar-refractivity contribution in [1.82, 2.24) is 5.32 Å². The van der Waals surface area contributed by atoms with E-state index in [1.807, 2.05) is 18.3 Å². The van der Waals surface area contributed by atoms with Crippen LogP contribution in [-0.2, 0) is 20.8 Å². The number of amides is 1. The van der Waals surface area contributed by atoms with Crippen LogP contribution in [0.3, 0.4) is 0 Å². The van der Waals surface area contributed by atoms with Crippen LogP contribution >= 0.6 is 15.9 Å². The van der Waals surface area contributed by atoms with Gasteiger partial charge in [-0.15, -0.1) is 0 Å². The Balaban J connectivity index is 2.38. The lowest BCUT2D eigenvalue weighted by Crippen LogP contribution is -2.63. The molecule has 2 rings (SSSR count). The number of methoxy groups -OCH3 is 1. The van der Waals surface area contributed by atoms with Crippen molar-refractivity contribution in [3.8, 4) is 17.2 Å². The number of halogens is 1. The lowest BCUT2D eigenvalue weighted by molar-refractivity contribution is -0.375. The summed E-state index contributed by atoms with van der Waals surface area (Å²) < 4.78 is 10.5. The van der Waals surface area contributed by atoms with E-state index in [1.165, 1.54) is 20.1 Å². The molecule has 0 saturated carbocycles. The number of rotatable bonds is 8. The smallest absolute Gasteiger partial charge is 0.308 e. The predicted octanol–water partition coefficient (Wildman–Crippen LogP) is 1.97. The van der Waals surface area contributed by atoms with Crippen LogP contribution in [0.2, 0.25) is 0 Å². The number of phenolic OH excluding ortho intramolecular Hbond substituents is 1. The van der Waals surface area contributed by atoms with Gasteiger partial charge in [0, 0.05) is 24.3 Å². The standard InChI is InChI=1S/C24H30BrNO9/c1-12-7-13(2)21(19(8-12)35-14(3)27)22(4,5)11-20(29)26-24(32,33)23(30,31)15-9-17(28)16(25)10-18(15)34-6/h7-10,28,30-33H,11H2,1-6H3,(H,26,29). The number of benzene rings is 2. The Bertz CT molecular complexity index is 1140. The van der Waals surface area contributed by atoms with Gasteiger partial charge in [0.15, 0.2) is 0 Å². The first-order valence-electron chi connectivity index (χ1n) is 10.5. The van der Waals surface area contributed by atoms with E-state index in [1.54, 1.807) is 26.8 Å². The molecule has 10 nitrogen and oxygen atoms in total. The first-order chi connectivity index (χ1) is 15.9. The molecule has 0 spiro atoms. The summed E-state index contributed by atoms with van der Waals surface area (Å²) in [6.45, 7) is 8.24. The minimum atomic E-state index is -3.59. The van der Waals surface area contributed by atoms with Crippen molar-refractivity contribution in [2.45, 2.75) is 58.2 Å². The van der Waals surface area contributed by atoms with E-state index in [2.05, 4.69) is 15.9 Å². The maximum atomic E-state index is 12.9. The summed E-state index contributed by atoms with van der Waals surface area (Å²) in [5.41, 5.74) is 0.534. The topological polar surface area (TPSA) is 166 Å². The fraction of sp³-hybridized carbons (Fsp3) is 0.417. The van der Waals surface area contributed by atoms with Crippen molar-refractivity contribution in [3.05, 3.63) is 51.0 Å². The molecule has 0 unspecified atom stereocenters. The summed E-state index contributed by atoms with van der Waals surface area (Å²) in [5, 5.41) is 53.9. The highest BCUT2D eigenvalue weighted by Gasteiger charge is 2.52. The molecule has 0 bridgehead atoms. The zero-order chi connectivity index (χ0) is 26.9. The minimum Gasteiger partial charge on any atom is -0.507 e. The lowest BCUT2D eigenvalue weighted by Gasteiger charge is -2.37. The monoisotopic (exact) mass is 555 g/mol. The third kappa shape index (κ3) is 6.11. The summed E-state index contributed by atoms with van der Waals surface area (Å²) in [5.74, 6) is -8.96. The Morgan fingerprint density at radius 1 is 1.03 bits per heavy atom. The Labute approximate surface area is 211 Å². The van der Waals surface area contributed by atoms with Crippen LogP contribution in [0.4, 0.5) is 0 Å². The molecule has 6 N–H and O–H groups in total. The molecule has 2 aromatic rings. The van der Waals surface area contributed by atoms with Gasteiger partial charge in [0.05, 0.1) is 17.1 Å². The minimum absolute atomic E-state index is 0.151. The molecule has 0 atom stereocenters. The Morgan fingerprint density at radius 3 is 2.17 bits per heavy atom. The number of phenols is 1. The van der Waals surface area contributed by atoms with Gasteiger partial charge in [-0.1, -0.05) is 19.9 Å². The highest BCUT2D eigenvalue weighted by atomic mass is 79.9. The highest BCUT2D eigenvalue weighted by Crippen LogP contribution is 2.41. The van der Waals surface area contributed by atoms with Gasteiger partial charge in [0.25, 0.3) is 5.79 Å². The second-order valence-corrected chi connectivity index (χ2v) is 9.86. The van der Waals surface area contributed by atoms with Gasteiger partial charge in [0.2, 0.25) is 5.91 Å². The quantitative estimate of drug-likeness (QED) is 0.162. The number of carbonyl (C=O) groups is 2. The number of aliphatic hydroxyl groups is 4. The normalized spacial score (nSPS) is 12.3. The van der Waals surface area contributed by atoms with E-state index >= 15 is 0 Å². The molecule has 0 fully saturated rings. The molecule has 0 saturated heterocycles. The molecule has 0 aliphatic carbocycles. The fourth-order valence-electron chi connectivity index (χ4n) is 4.02. The van der Waals surface area contributed by atoms with Crippen molar-refractivity contribution in [2.24, 2.45) is 0 Å². The molecular weight excluding hydrogens is 526 g/mol. The number of esters is 1. The van der Waals surface area contributed by atoms with E-state index < -0.39 is 40.3 Å². The second-order valence-electron chi connectivity index (χ2n) is 9.01. The number of aromatic hydroxyl groups is 1. The number of aryl methyl sites for hydroxylation is 2. The summed E-state index contributed by atoms with van der Waals surface area (Å²) in [6, 6.07) is 5.54. The molecule has 0 radical (unpaired) electrons. The Hall–Kier alpha value is -2.70. The lowest BCUT2D eigenvalue weighted by atomic mass is 9.78. The van der Waals surface area contributed by atoms with Gasteiger partial charge in [-0.3, -0.25) is 9.59 Å². The first kappa shape index (κ1) is 28.5. The van der Waals surface area contributed by atoms with E-state index in [9.17, 15) is 35.1 Å². The van der Waals surface area contributed by atoms with Crippen LogP contribution in [0.1, 0.15) is 49.4 Å². The molecule has 192 valence electrons. The van der Waals surface area contributed by atoms with Crippen LogP contribution in [0.5, 0.6) is 17.2 Å². The van der Waals surface area contributed by atoms with Crippen LogP contribution in [-0.4, -0.2) is 50.4 Å². The molecule has 1 amide bonds. The Kier molecular flexibility index (Phi) is 8.25. The summed E-state index contributed by atoms with van der Waals surface area (Å²) in [7, 11) is 1.19. The molecule has 35 heavy (non-hydrogen) atoms. The zero-order valence-electron chi connectivity index (χ0n) is 20.3. The van der Waals surface area contributed by atoms with E-state index in [0.29, 0.717) is 5.56 Å². The predicted molar refractivity (Wildman–Crippen MR) is 129 cm³/mol. The first-order valence-corrected chi connectivity index (χ1v) is 11.3. The van der Waals surface area contributed by atoms with Crippen LogP contribution in [0, 0.1) is 13.8 Å². The maximum absolute atomic E-state index is 12.9. The average molecular weight is 556 g/mol. The average Bonchev–Trinajstić information content (AvgIpc) is 2.66. The number of nitrogens with one attached hydrogen (secondary N) is 1. The molecule has 0 aliphatic heterocycles. The molecule has 0 heterocycles. The van der Waals surface area contributed by atoms with Crippen LogP contribution in [0.15, 0.2) is 28.7 Å². The second kappa shape index (κ2) is 10.1. The third-order valence-electron chi connectivity index (χ3n) is 5.42. The highest BCUT2D eigenvalue weighted by molar-refractivity contribution is 9.10. The van der Waals surface area contributed by atoms with E-state index in [-0.39, 0.29) is 22.4 Å². The summed E-state index contributed by atoms with van der Waals surface area (Å²) >= 11 is 3.05. The maximum Gasteiger partial charge on any atom is 0.308 e. The molecule has 11 heteroatoms. The van der Waals surface area contributed by atoms with Crippen molar-refractivity contribution in [3.63, 3.8) is 0 Å². The van der Waals surface area contributed by atoms with Gasteiger partial charge in [-0.2, -0.15) is 0 Å². The number of hydrogen-bond acceptors (Lipinski definition) is 9. The summed E-state index contributed by atoms with van der Waals surface area (Å²) in [6.07, 6.45) is -0.354. The molecule has 0 aliphatic rings. The number of ether oxygens (including phenoxy) is 2. The van der Waals surface area contributed by atoms with E-state index in [4.69, 9.17) is 9.47 Å². The van der Waals surface area contributed by atoms with Crippen molar-refractivity contribution >= 4 is 27.8 Å². The number of carbonyl (C=O) groups excluding carboxylic acids is 2. The van der Waals surface area contributed by atoms with Gasteiger partial charge in [-0.25, -0.2) is 0 Å². The van der Waals surface area contributed by atoms with Gasteiger partial charge in [-0.05, 0) is 59.1 Å². The van der Waals surface area contributed by atoms with Gasteiger partial charge >= 0.3 is 11.9 Å². The van der Waals surface area contributed by atoms with Gasteiger partial charge in [0.1, 0.15) is 17.2 Å². The molecule has 0 aromatic heterocycles. The summed E-state index contributed by atoms with van der Waals surface area (Å²) in [4.78, 5) is 24.5. The third-order valence-corrected chi connectivity index (χ3v) is 6.06. The SMILES string of the molecule is COc1cc(Br)c(O)cc1C(O)(O)C(O)(O)NC(=O)CC(C)(C)c1c(C)cc(C)cc1OC(C)=O. The van der Waals surface area contributed by atoms with Crippen molar-refractivity contribution in [1.29, 1.82) is 0 Å². The fourth-order valence-corrected chi connectivity index (χ4v) is 4.34. The zero-order valence-corrected chi connectivity index (χ0v) is 21.8. The number of hydrogen-bond donors (Lipinski definition) is 6. The Morgan fingerprint density at radius 2 is 1.63 bits per heavy atom. The van der Waals surface area contributed by atoms with Crippen molar-refractivity contribution in [2.75, 3.05) is 7.11 Å². The largest absolute Gasteiger partial charge is 0.507 e. The molecular formula is C24H30BrNO9. The van der Waals surface area contributed by atoms with Gasteiger partial charge < -0.3 is 40.3 Å². The molecule has 2 aromatic carbocycles. The van der Waals surface area contributed by atoms with E-state index in [0.717, 1.165) is 17.2 Å². The van der Waals surface area contributed by atoms with Crippen molar-refractivity contribution < 1.29 is 44.6 Å².